The molecule has 0 aromatic rings. The first-order valence-corrected chi connectivity index (χ1v) is 5.97. The smallest absolute Gasteiger partial charge is 0.407 e. The monoisotopic (exact) mass is 257 g/mol. The molecule has 0 rings (SSSR count). The fourth-order valence-electron chi connectivity index (χ4n) is 1.01. The number of rotatable bonds is 6. The highest BCUT2D eigenvalue weighted by Crippen LogP contribution is 2.06. The molecule has 0 heterocycles. The van der Waals surface area contributed by atoms with E-state index in [1.807, 2.05) is 0 Å². The van der Waals surface area contributed by atoms with E-state index in [9.17, 15) is 9.59 Å². The van der Waals surface area contributed by atoms with E-state index >= 15 is 0 Å². The van der Waals surface area contributed by atoms with Crippen LogP contribution in [0.5, 0.6) is 0 Å². The fourth-order valence-corrected chi connectivity index (χ4v) is 1.01. The molecule has 5 nitrogen and oxygen atoms in total. The summed E-state index contributed by atoms with van der Waals surface area (Å²) >= 11 is 0. The normalized spacial score (nSPS) is 10.7. The van der Waals surface area contributed by atoms with E-state index in [-0.39, 0.29) is 19.0 Å². The van der Waals surface area contributed by atoms with Crippen molar-refractivity contribution in [3.8, 4) is 0 Å². The molecule has 18 heavy (non-hydrogen) atoms. The molecule has 0 aliphatic rings. The number of alkyl carbamates (subject to hydrolysis) is 1. The second-order valence-electron chi connectivity index (χ2n) is 5.15. The van der Waals surface area contributed by atoms with Gasteiger partial charge in [-0.1, -0.05) is 6.58 Å². The summed E-state index contributed by atoms with van der Waals surface area (Å²) in [6.07, 6.45) is 0.315. The summed E-state index contributed by atoms with van der Waals surface area (Å²) in [5, 5.41) is 2.57. The maximum atomic E-state index is 11.3. The van der Waals surface area contributed by atoms with E-state index in [4.69, 9.17) is 9.47 Å². The molecule has 0 aromatic carbocycles. The Balaban J connectivity index is 3.59. The molecule has 0 bridgehead atoms. The van der Waals surface area contributed by atoms with Crippen molar-refractivity contribution in [1.29, 1.82) is 0 Å². The quantitative estimate of drug-likeness (QED) is 0.451. The number of hydrogen-bond donors (Lipinski definition) is 1. The maximum absolute atomic E-state index is 11.3. The van der Waals surface area contributed by atoms with Gasteiger partial charge in [0.25, 0.3) is 0 Å². The minimum absolute atomic E-state index is 0.248. The van der Waals surface area contributed by atoms with E-state index in [1.54, 1.807) is 27.7 Å². The molecule has 0 saturated carbocycles. The third kappa shape index (κ3) is 11.0. The summed E-state index contributed by atoms with van der Waals surface area (Å²) < 4.78 is 9.95. The average Bonchev–Trinajstić information content (AvgIpc) is 2.19. The van der Waals surface area contributed by atoms with E-state index in [0.29, 0.717) is 13.0 Å². The van der Waals surface area contributed by atoms with Crippen LogP contribution in [0.25, 0.3) is 0 Å². The summed E-state index contributed by atoms with van der Waals surface area (Å²) in [4.78, 5) is 22.5. The van der Waals surface area contributed by atoms with Gasteiger partial charge in [0, 0.05) is 13.0 Å². The van der Waals surface area contributed by atoms with Gasteiger partial charge in [-0.2, -0.15) is 0 Å². The van der Waals surface area contributed by atoms with Crippen molar-refractivity contribution in [2.45, 2.75) is 46.1 Å². The molecular formula is C13H23NO4. The second-order valence-corrected chi connectivity index (χ2v) is 5.15. The predicted molar refractivity (Wildman–Crippen MR) is 69.2 cm³/mol. The highest BCUT2D eigenvalue weighted by atomic mass is 16.6. The van der Waals surface area contributed by atoms with Crippen LogP contribution in [0.2, 0.25) is 0 Å². The third-order valence-electron chi connectivity index (χ3n) is 1.71. The van der Waals surface area contributed by atoms with Crippen LogP contribution in [0.3, 0.4) is 0 Å². The van der Waals surface area contributed by atoms with Gasteiger partial charge < -0.3 is 14.8 Å². The Labute approximate surface area is 109 Å². The van der Waals surface area contributed by atoms with Crippen LogP contribution in [0.15, 0.2) is 12.2 Å². The Kier molecular flexibility index (Phi) is 7.08. The Hall–Kier alpha value is -1.52. The molecule has 0 aliphatic heterocycles. The second kappa shape index (κ2) is 7.74. The molecule has 0 unspecified atom stereocenters. The number of carbonyl (C=O) groups excluding carboxylic acids is 2. The fraction of sp³-hybridized carbons (Fsp3) is 0.692. The van der Waals surface area contributed by atoms with Crippen molar-refractivity contribution >= 4 is 12.1 Å². The molecule has 0 saturated heterocycles. The SMILES string of the molecule is C=C(C)COC(=O)CCCNC(=O)OC(C)(C)C. The number of nitrogens with one attached hydrogen (secondary N) is 1. The summed E-state index contributed by atoms with van der Waals surface area (Å²) in [5.41, 5.74) is 0.292. The van der Waals surface area contributed by atoms with Crippen molar-refractivity contribution in [3.63, 3.8) is 0 Å². The Morgan fingerprint density at radius 1 is 1.28 bits per heavy atom. The topological polar surface area (TPSA) is 64.6 Å². The molecule has 1 amide bonds. The van der Waals surface area contributed by atoms with Gasteiger partial charge >= 0.3 is 12.1 Å². The largest absolute Gasteiger partial charge is 0.461 e. The van der Waals surface area contributed by atoms with Crippen LogP contribution in [-0.2, 0) is 14.3 Å². The van der Waals surface area contributed by atoms with Crippen molar-refractivity contribution in [2.75, 3.05) is 13.2 Å². The van der Waals surface area contributed by atoms with Gasteiger partial charge in [-0.3, -0.25) is 4.79 Å². The van der Waals surface area contributed by atoms with Gasteiger partial charge in [0.2, 0.25) is 0 Å². The molecule has 104 valence electrons. The van der Waals surface area contributed by atoms with E-state index in [1.165, 1.54) is 0 Å². The van der Waals surface area contributed by atoms with Gasteiger partial charge in [0.15, 0.2) is 0 Å². The van der Waals surface area contributed by atoms with Crippen LogP contribution in [0.1, 0.15) is 40.5 Å². The van der Waals surface area contributed by atoms with Crippen LogP contribution >= 0.6 is 0 Å². The third-order valence-corrected chi connectivity index (χ3v) is 1.71. The first-order valence-electron chi connectivity index (χ1n) is 5.97. The molecule has 0 fully saturated rings. The number of carbonyl (C=O) groups is 2. The zero-order chi connectivity index (χ0) is 14.2. The van der Waals surface area contributed by atoms with Crippen LogP contribution in [0.4, 0.5) is 4.79 Å². The highest BCUT2D eigenvalue weighted by molar-refractivity contribution is 5.70. The first kappa shape index (κ1) is 16.5. The molecule has 0 aliphatic carbocycles. The Morgan fingerprint density at radius 3 is 2.39 bits per heavy atom. The van der Waals surface area contributed by atoms with E-state index in [0.717, 1.165) is 5.57 Å². The van der Waals surface area contributed by atoms with Crippen molar-refractivity contribution < 1.29 is 19.1 Å². The number of ether oxygens (including phenoxy) is 2. The minimum atomic E-state index is -0.509. The zero-order valence-corrected chi connectivity index (χ0v) is 11.7. The molecule has 5 heteroatoms. The van der Waals surface area contributed by atoms with Gasteiger partial charge in [0.05, 0.1) is 0 Å². The van der Waals surface area contributed by atoms with Gasteiger partial charge in [-0.05, 0) is 39.7 Å². The van der Waals surface area contributed by atoms with Crippen LogP contribution in [0, 0.1) is 0 Å². The lowest BCUT2D eigenvalue weighted by Gasteiger charge is -2.19. The lowest BCUT2D eigenvalue weighted by atomic mass is 10.2. The van der Waals surface area contributed by atoms with Crippen LogP contribution in [-0.4, -0.2) is 30.8 Å². The maximum Gasteiger partial charge on any atom is 0.407 e. The minimum Gasteiger partial charge on any atom is -0.461 e. The molecule has 0 spiro atoms. The Bertz CT molecular complexity index is 305. The lowest BCUT2D eigenvalue weighted by molar-refractivity contribution is -0.142. The highest BCUT2D eigenvalue weighted by Gasteiger charge is 2.15. The number of amides is 1. The van der Waals surface area contributed by atoms with E-state index in [2.05, 4.69) is 11.9 Å². The zero-order valence-electron chi connectivity index (χ0n) is 11.7. The summed E-state index contributed by atoms with van der Waals surface area (Å²) in [5.74, 6) is -0.288. The van der Waals surface area contributed by atoms with Crippen molar-refractivity contribution in [2.24, 2.45) is 0 Å². The van der Waals surface area contributed by atoms with Gasteiger partial charge in [0.1, 0.15) is 12.2 Å². The first-order chi connectivity index (χ1) is 8.20. The van der Waals surface area contributed by atoms with Crippen LogP contribution < -0.4 is 5.32 Å². The molecule has 0 atom stereocenters. The molecular weight excluding hydrogens is 234 g/mol. The predicted octanol–water partition coefficient (Wildman–Crippen LogP) is 2.41. The summed E-state index contributed by atoms with van der Waals surface area (Å²) in [6, 6.07) is 0. The molecule has 0 aromatic heterocycles. The van der Waals surface area contributed by atoms with E-state index < -0.39 is 11.7 Å². The molecule has 1 N–H and O–H groups in total. The standard InChI is InChI=1S/C13H23NO4/c1-10(2)9-17-11(15)7-6-8-14-12(16)18-13(3,4)5/h1,6-9H2,2-5H3,(H,14,16). The number of esters is 1. The molecule has 0 radical (unpaired) electrons. The van der Waals surface area contributed by atoms with Crippen molar-refractivity contribution in [3.05, 3.63) is 12.2 Å². The van der Waals surface area contributed by atoms with Gasteiger partial charge in [-0.15, -0.1) is 0 Å². The average molecular weight is 257 g/mol. The summed E-state index contributed by atoms with van der Waals surface area (Å²) in [7, 11) is 0. The van der Waals surface area contributed by atoms with Crippen molar-refractivity contribution in [1.82, 2.24) is 5.32 Å². The number of hydrogen-bond acceptors (Lipinski definition) is 4. The lowest BCUT2D eigenvalue weighted by Crippen LogP contribution is -2.33. The Morgan fingerprint density at radius 2 is 1.89 bits per heavy atom. The summed E-state index contributed by atoms with van der Waals surface area (Å²) in [6.45, 7) is 11.4. The van der Waals surface area contributed by atoms with Gasteiger partial charge in [-0.25, -0.2) is 4.79 Å².